The van der Waals surface area contributed by atoms with Gasteiger partial charge in [-0.2, -0.15) is 0 Å². The summed E-state index contributed by atoms with van der Waals surface area (Å²) < 4.78 is 0. The number of aryl methyl sites for hydroxylation is 1. The molecule has 3 amide bonds. The van der Waals surface area contributed by atoms with Gasteiger partial charge in [-0.15, -0.1) is 0 Å². The van der Waals surface area contributed by atoms with Crippen LogP contribution < -0.4 is 16.0 Å². The third kappa shape index (κ3) is 6.17. The molecule has 144 valence electrons. The minimum atomic E-state index is -0.721. The van der Waals surface area contributed by atoms with Gasteiger partial charge in [0.15, 0.2) is 0 Å². The lowest BCUT2D eigenvalue weighted by Crippen LogP contribution is -2.55. The maximum absolute atomic E-state index is 12.6. The molecular formula is C20H31N3O3. The van der Waals surface area contributed by atoms with Gasteiger partial charge >= 0.3 is 0 Å². The van der Waals surface area contributed by atoms with Crippen molar-refractivity contribution in [2.45, 2.75) is 66.1 Å². The Balaban J connectivity index is 2.77. The predicted molar refractivity (Wildman–Crippen MR) is 103 cm³/mol. The fraction of sp³-hybridized carbons (Fsp3) is 0.550. The van der Waals surface area contributed by atoms with E-state index in [4.69, 9.17) is 0 Å². The monoisotopic (exact) mass is 361 g/mol. The first-order valence-electron chi connectivity index (χ1n) is 9.14. The van der Waals surface area contributed by atoms with Crippen LogP contribution in [0.5, 0.6) is 0 Å². The third-order valence-electron chi connectivity index (χ3n) is 4.38. The Morgan fingerprint density at radius 1 is 0.923 bits per heavy atom. The van der Waals surface area contributed by atoms with Gasteiger partial charge in [0.25, 0.3) is 5.91 Å². The molecule has 0 bridgehead atoms. The zero-order valence-electron chi connectivity index (χ0n) is 16.6. The molecule has 0 saturated carbocycles. The number of amides is 3. The van der Waals surface area contributed by atoms with Crippen molar-refractivity contribution in [3.63, 3.8) is 0 Å². The Labute approximate surface area is 156 Å². The smallest absolute Gasteiger partial charge is 0.252 e. The Kier molecular flexibility index (Phi) is 8.29. The second-order valence-electron chi connectivity index (χ2n) is 7.06. The molecule has 3 atom stereocenters. The summed E-state index contributed by atoms with van der Waals surface area (Å²) >= 11 is 0. The predicted octanol–water partition coefficient (Wildman–Crippen LogP) is 2.17. The largest absolute Gasteiger partial charge is 0.352 e. The Morgan fingerprint density at radius 3 is 2.08 bits per heavy atom. The summed E-state index contributed by atoms with van der Waals surface area (Å²) in [5.74, 6) is -1.02. The molecule has 0 aliphatic rings. The van der Waals surface area contributed by atoms with E-state index in [-0.39, 0.29) is 29.7 Å². The highest BCUT2D eigenvalue weighted by Gasteiger charge is 2.27. The standard InChI is InChI=1S/C20H31N3O3/c1-7-14(5)21-18(24)15(6)22-20(26)17(12(2)3)23-19(25)16-11-9-8-10-13(16)4/h8-12,14-15,17H,7H2,1-6H3,(H,21,24)(H,22,26)(H,23,25). The van der Waals surface area contributed by atoms with E-state index in [9.17, 15) is 14.4 Å². The van der Waals surface area contributed by atoms with Gasteiger partial charge in [-0.3, -0.25) is 14.4 Å². The highest BCUT2D eigenvalue weighted by molar-refractivity contribution is 5.99. The van der Waals surface area contributed by atoms with Gasteiger partial charge in [0, 0.05) is 11.6 Å². The van der Waals surface area contributed by atoms with Gasteiger partial charge in [-0.05, 0) is 44.7 Å². The van der Waals surface area contributed by atoms with E-state index < -0.39 is 12.1 Å². The maximum atomic E-state index is 12.6. The topological polar surface area (TPSA) is 87.3 Å². The van der Waals surface area contributed by atoms with Gasteiger partial charge < -0.3 is 16.0 Å². The molecular weight excluding hydrogens is 330 g/mol. The van der Waals surface area contributed by atoms with Crippen molar-refractivity contribution in [1.29, 1.82) is 0 Å². The normalized spacial score (nSPS) is 14.3. The first-order chi connectivity index (χ1) is 12.2. The van der Waals surface area contributed by atoms with Gasteiger partial charge in [0.05, 0.1) is 0 Å². The lowest BCUT2D eigenvalue weighted by atomic mass is 10.0. The second kappa shape index (κ2) is 9.94. The number of nitrogens with one attached hydrogen (secondary N) is 3. The number of hydrogen-bond acceptors (Lipinski definition) is 3. The van der Waals surface area contributed by atoms with Crippen molar-refractivity contribution in [3.05, 3.63) is 35.4 Å². The van der Waals surface area contributed by atoms with Crippen LogP contribution in [0.2, 0.25) is 0 Å². The number of carbonyl (C=O) groups excluding carboxylic acids is 3. The molecule has 0 fully saturated rings. The second-order valence-corrected chi connectivity index (χ2v) is 7.06. The van der Waals surface area contributed by atoms with Crippen LogP contribution in [-0.2, 0) is 9.59 Å². The van der Waals surface area contributed by atoms with E-state index >= 15 is 0 Å². The molecule has 0 saturated heterocycles. The van der Waals surface area contributed by atoms with Crippen molar-refractivity contribution in [2.24, 2.45) is 5.92 Å². The fourth-order valence-corrected chi connectivity index (χ4v) is 2.42. The van der Waals surface area contributed by atoms with E-state index in [0.29, 0.717) is 5.56 Å². The minimum absolute atomic E-state index is 0.0449. The summed E-state index contributed by atoms with van der Waals surface area (Å²) in [6.45, 7) is 11.1. The molecule has 6 heteroatoms. The van der Waals surface area contributed by atoms with Crippen molar-refractivity contribution in [2.75, 3.05) is 0 Å². The van der Waals surface area contributed by atoms with Crippen LogP contribution in [0, 0.1) is 12.8 Å². The lowest BCUT2D eigenvalue weighted by Gasteiger charge is -2.24. The van der Waals surface area contributed by atoms with Crippen LogP contribution in [0.15, 0.2) is 24.3 Å². The first kappa shape index (κ1) is 21.7. The van der Waals surface area contributed by atoms with Crippen LogP contribution in [0.1, 0.15) is 57.0 Å². The first-order valence-corrected chi connectivity index (χ1v) is 9.14. The van der Waals surface area contributed by atoms with Crippen molar-refractivity contribution < 1.29 is 14.4 Å². The van der Waals surface area contributed by atoms with Crippen LogP contribution in [0.25, 0.3) is 0 Å². The van der Waals surface area contributed by atoms with Crippen molar-refractivity contribution in [1.82, 2.24) is 16.0 Å². The summed E-state index contributed by atoms with van der Waals surface area (Å²) in [5.41, 5.74) is 1.38. The highest BCUT2D eigenvalue weighted by Crippen LogP contribution is 2.09. The minimum Gasteiger partial charge on any atom is -0.352 e. The summed E-state index contributed by atoms with van der Waals surface area (Å²) in [7, 11) is 0. The average Bonchev–Trinajstić information content (AvgIpc) is 2.58. The summed E-state index contributed by atoms with van der Waals surface area (Å²) in [4.78, 5) is 37.2. The van der Waals surface area contributed by atoms with Crippen molar-refractivity contribution >= 4 is 17.7 Å². The molecule has 3 N–H and O–H groups in total. The number of hydrogen-bond donors (Lipinski definition) is 3. The zero-order chi connectivity index (χ0) is 19.9. The molecule has 0 aliphatic carbocycles. The maximum Gasteiger partial charge on any atom is 0.252 e. The van der Waals surface area contributed by atoms with Crippen LogP contribution >= 0.6 is 0 Å². The number of rotatable bonds is 8. The summed E-state index contributed by atoms with van der Waals surface area (Å²) in [6.07, 6.45) is 0.813. The van der Waals surface area contributed by atoms with E-state index in [0.717, 1.165) is 12.0 Å². The molecule has 1 rings (SSSR count). The molecule has 0 aromatic heterocycles. The molecule has 6 nitrogen and oxygen atoms in total. The molecule has 0 spiro atoms. The quantitative estimate of drug-likeness (QED) is 0.663. The van der Waals surface area contributed by atoms with Crippen molar-refractivity contribution in [3.8, 4) is 0 Å². The Bertz CT molecular complexity index is 643. The molecule has 0 heterocycles. The van der Waals surface area contributed by atoms with Crippen LogP contribution in [-0.4, -0.2) is 35.8 Å². The molecule has 0 radical (unpaired) electrons. The average molecular weight is 361 g/mol. The highest BCUT2D eigenvalue weighted by atomic mass is 16.2. The Morgan fingerprint density at radius 2 is 1.54 bits per heavy atom. The van der Waals surface area contributed by atoms with E-state index in [1.54, 1.807) is 19.1 Å². The fourth-order valence-electron chi connectivity index (χ4n) is 2.42. The van der Waals surface area contributed by atoms with E-state index in [1.165, 1.54) is 0 Å². The van der Waals surface area contributed by atoms with Crippen LogP contribution in [0.4, 0.5) is 0 Å². The third-order valence-corrected chi connectivity index (χ3v) is 4.38. The SMILES string of the molecule is CCC(C)NC(=O)C(C)NC(=O)C(NC(=O)c1ccccc1C)C(C)C. The van der Waals surface area contributed by atoms with Crippen LogP contribution in [0.3, 0.4) is 0 Å². The number of carbonyl (C=O) groups is 3. The van der Waals surface area contributed by atoms with Gasteiger partial charge in [0.2, 0.25) is 11.8 Å². The molecule has 1 aromatic carbocycles. The zero-order valence-corrected chi connectivity index (χ0v) is 16.6. The summed E-state index contributed by atoms with van der Waals surface area (Å²) in [5, 5.41) is 8.32. The summed E-state index contributed by atoms with van der Waals surface area (Å²) in [6, 6.07) is 5.87. The molecule has 26 heavy (non-hydrogen) atoms. The lowest BCUT2D eigenvalue weighted by molar-refractivity contribution is -0.130. The van der Waals surface area contributed by atoms with Gasteiger partial charge in [0.1, 0.15) is 12.1 Å². The van der Waals surface area contributed by atoms with Gasteiger partial charge in [-0.1, -0.05) is 39.0 Å². The van der Waals surface area contributed by atoms with Gasteiger partial charge in [-0.25, -0.2) is 0 Å². The molecule has 3 unspecified atom stereocenters. The Hall–Kier alpha value is -2.37. The molecule has 0 aliphatic heterocycles. The van der Waals surface area contributed by atoms with E-state index in [1.807, 2.05) is 46.8 Å². The number of benzene rings is 1. The van der Waals surface area contributed by atoms with E-state index in [2.05, 4.69) is 16.0 Å². The molecule has 1 aromatic rings.